The first-order chi connectivity index (χ1) is 6.56. The van der Waals surface area contributed by atoms with Crippen molar-refractivity contribution in [1.82, 2.24) is 0 Å². The van der Waals surface area contributed by atoms with E-state index in [9.17, 15) is 14.7 Å². The van der Waals surface area contributed by atoms with E-state index in [2.05, 4.69) is 0 Å². The highest BCUT2D eigenvalue weighted by Crippen LogP contribution is 2.26. The zero-order chi connectivity index (χ0) is 10.7. The monoisotopic (exact) mass is 195 g/mol. The van der Waals surface area contributed by atoms with Crippen LogP contribution >= 0.6 is 0 Å². The van der Waals surface area contributed by atoms with Crippen LogP contribution in [0, 0.1) is 0 Å². The average molecular weight is 195 g/mol. The van der Waals surface area contributed by atoms with Crippen molar-refractivity contribution < 1.29 is 19.4 Å². The Morgan fingerprint density at radius 1 is 1.43 bits per heavy atom. The molecule has 0 bridgehead atoms. The third kappa shape index (κ3) is 1.82. The Morgan fingerprint density at radius 2 is 2.07 bits per heavy atom. The number of methoxy groups -OCH3 is 1. The van der Waals surface area contributed by atoms with Gasteiger partial charge in [-0.25, -0.2) is 0 Å². The molecule has 0 aliphatic carbocycles. The molecule has 1 rings (SSSR count). The van der Waals surface area contributed by atoms with Gasteiger partial charge >= 0.3 is 0 Å². The summed E-state index contributed by atoms with van der Waals surface area (Å²) in [6.07, 6.45) is 0. The second-order valence-electron chi connectivity index (χ2n) is 2.58. The summed E-state index contributed by atoms with van der Waals surface area (Å²) in [5, 5.41) is 9.20. The zero-order valence-electron chi connectivity index (χ0n) is 7.48. The average Bonchev–Trinajstić information content (AvgIpc) is 2.17. The van der Waals surface area contributed by atoms with Crippen LogP contribution in [0.4, 0.5) is 0 Å². The van der Waals surface area contributed by atoms with E-state index in [0.29, 0.717) is 0 Å². The number of hydrogen-bond donors (Lipinski definition) is 2. The minimum Gasteiger partial charge on any atom is -0.504 e. The Labute approximate surface area is 80.1 Å². The number of amides is 1. The van der Waals surface area contributed by atoms with Crippen molar-refractivity contribution in [2.75, 3.05) is 7.11 Å². The quantitative estimate of drug-likeness (QED) is 0.527. The normalized spacial score (nSPS) is 9.50. The summed E-state index contributed by atoms with van der Waals surface area (Å²) in [4.78, 5) is 21.7. The molecule has 0 aromatic heterocycles. The molecule has 5 heteroatoms. The summed E-state index contributed by atoms with van der Waals surface area (Å²) in [5.74, 6) is -1.84. The standard InChI is InChI=1S/C9H9NO4/c1-14-7-4-5(2-3-6(7)11)8(12)9(10)13/h2-4,11H,1H3,(H2,10,13). The molecule has 1 aromatic rings. The first-order valence-corrected chi connectivity index (χ1v) is 3.77. The van der Waals surface area contributed by atoms with Gasteiger partial charge in [0.25, 0.3) is 5.91 Å². The van der Waals surface area contributed by atoms with Crippen molar-refractivity contribution in [2.24, 2.45) is 5.73 Å². The number of primary amides is 1. The maximum absolute atomic E-state index is 11.1. The first-order valence-electron chi connectivity index (χ1n) is 3.77. The summed E-state index contributed by atoms with van der Waals surface area (Å²) < 4.78 is 4.76. The number of ether oxygens (including phenoxy) is 1. The number of aromatic hydroxyl groups is 1. The third-order valence-electron chi connectivity index (χ3n) is 1.67. The summed E-state index contributed by atoms with van der Waals surface area (Å²) >= 11 is 0. The molecule has 0 saturated carbocycles. The van der Waals surface area contributed by atoms with Crippen molar-refractivity contribution >= 4 is 11.7 Å². The van der Waals surface area contributed by atoms with Crippen LogP contribution in [-0.4, -0.2) is 23.9 Å². The minimum atomic E-state index is -1.04. The van der Waals surface area contributed by atoms with Gasteiger partial charge in [0.1, 0.15) is 0 Å². The van der Waals surface area contributed by atoms with E-state index < -0.39 is 11.7 Å². The summed E-state index contributed by atoms with van der Waals surface area (Å²) in [6, 6.07) is 3.81. The fraction of sp³-hybridized carbons (Fsp3) is 0.111. The van der Waals surface area contributed by atoms with Gasteiger partial charge in [0.2, 0.25) is 5.78 Å². The second kappa shape index (κ2) is 3.78. The molecule has 1 aromatic carbocycles. The van der Waals surface area contributed by atoms with Gasteiger partial charge in [0, 0.05) is 5.56 Å². The molecule has 0 unspecified atom stereocenters. The lowest BCUT2D eigenvalue weighted by molar-refractivity contribution is -0.114. The largest absolute Gasteiger partial charge is 0.504 e. The highest BCUT2D eigenvalue weighted by Gasteiger charge is 2.14. The Kier molecular flexibility index (Phi) is 2.71. The number of carbonyl (C=O) groups is 2. The molecule has 14 heavy (non-hydrogen) atoms. The summed E-state index contributed by atoms with van der Waals surface area (Å²) in [5.41, 5.74) is 4.90. The molecule has 0 radical (unpaired) electrons. The molecule has 0 fully saturated rings. The fourth-order valence-corrected chi connectivity index (χ4v) is 0.961. The fourth-order valence-electron chi connectivity index (χ4n) is 0.961. The van der Waals surface area contributed by atoms with Crippen LogP contribution in [0.3, 0.4) is 0 Å². The topological polar surface area (TPSA) is 89.6 Å². The highest BCUT2D eigenvalue weighted by atomic mass is 16.5. The molecule has 3 N–H and O–H groups in total. The predicted molar refractivity (Wildman–Crippen MR) is 48.2 cm³/mol. The lowest BCUT2D eigenvalue weighted by Gasteiger charge is -2.04. The molecule has 1 amide bonds. The van der Waals surface area contributed by atoms with E-state index in [1.54, 1.807) is 0 Å². The van der Waals surface area contributed by atoms with E-state index in [-0.39, 0.29) is 17.1 Å². The van der Waals surface area contributed by atoms with E-state index in [4.69, 9.17) is 10.5 Å². The first kappa shape index (κ1) is 10.0. The molecule has 0 spiro atoms. The summed E-state index contributed by atoms with van der Waals surface area (Å²) in [6.45, 7) is 0. The van der Waals surface area contributed by atoms with Crippen molar-refractivity contribution in [2.45, 2.75) is 0 Å². The number of benzene rings is 1. The molecule has 0 aliphatic rings. The maximum atomic E-state index is 11.1. The number of nitrogens with two attached hydrogens (primary N) is 1. The molecule has 0 heterocycles. The molecular formula is C9H9NO4. The highest BCUT2D eigenvalue weighted by molar-refractivity contribution is 6.42. The molecule has 74 valence electrons. The van der Waals surface area contributed by atoms with Gasteiger partial charge in [0.15, 0.2) is 11.5 Å². The molecular weight excluding hydrogens is 186 g/mol. The number of carbonyl (C=O) groups excluding carboxylic acids is 2. The van der Waals surface area contributed by atoms with E-state index >= 15 is 0 Å². The Morgan fingerprint density at radius 3 is 2.57 bits per heavy atom. The maximum Gasteiger partial charge on any atom is 0.289 e. The van der Waals surface area contributed by atoms with Crippen LogP contribution in [0.15, 0.2) is 18.2 Å². The zero-order valence-corrected chi connectivity index (χ0v) is 7.48. The van der Waals surface area contributed by atoms with Gasteiger partial charge in [0.05, 0.1) is 7.11 Å². The van der Waals surface area contributed by atoms with Crippen LogP contribution in [0.25, 0.3) is 0 Å². The van der Waals surface area contributed by atoms with Crippen molar-refractivity contribution in [3.05, 3.63) is 23.8 Å². The van der Waals surface area contributed by atoms with E-state index in [0.717, 1.165) is 0 Å². The van der Waals surface area contributed by atoms with Crippen LogP contribution in [0.2, 0.25) is 0 Å². The van der Waals surface area contributed by atoms with Crippen molar-refractivity contribution in [3.63, 3.8) is 0 Å². The summed E-state index contributed by atoms with van der Waals surface area (Å²) in [7, 11) is 1.34. The third-order valence-corrected chi connectivity index (χ3v) is 1.67. The Balaban J connectivity index is 3.12. The lowest BCUT2D eigenvalue weighted by Crippen LogP contribution is -2.22. The van der Waals surface area contributed by atoms with Gasteiger partial charge in [-0.15, -0.1) is 0 Å². The Bertz CT molecular complexity index is 386. The minimum absolute atomic E-state index is 0.0900. The van der Waals surface area contributed by atoms with E-state index in [1.807, 2.05) is 0 Å². The number of rotatable bonds is 3. The van der Waals surface area contributed by atoms with Crippen molar-refractivity contribution in [1.29, 1.82) is 0 Å². The predicted octanol–water partition coefficient (Wildman–Crippen LogP) is 0.0688. The number of hydrogen-bond acceptors (Lipinski definition) is 4. The van der Waals surface area contributed by atoms with Gasteiger partial charge in [-0.1, -0.05) is 0 Å². The second-order valence-corrected chi connectivity index (χ2v) is 2.58. The molecule has 0 aliphatic heterocycles. The molecule has 0 saturated heterocycles. The van der Waals surface area contributed by atoms with Crippen LogP contribution < -0.4 is 10.5 Å². The number of Topliss-reactive ketones (excluding diaryl/α,β-unsaturated/α-hetero) is 1. The van der Waals surface area contributed by atoms with Gasteiger partial charge in [-0.3, -0.25) is 9.59 Å². The number of phenolic OH excluding ortho intramolecular Hbond substituents is 1. The SMILES string of the molecule is COc1cc(C(=O)C(N)=O)ccc1O. The van der Waals surface area contributed by atoms with Gasteiger partial charge in [-0.2, -0.15) is 0 Å². The van der Waals surface area contributed by atoms with E-state index in [1.165, 1.54) is 25.3 Å². The lowest BCUT2D eigenvalue weighted by atomic mass is 10.1. The van der Waals surface area contributed by atoms with Gasteiger partial charge < -0.3 is 15.6 Å². The molecule has 0 atom stereocenters. The van der Waals surface area contributed by atoms with Crippen LogP contribution in [-0.2, 0) is 4.79 Å². The van der Waals surface area contributed by atoms with Gasteiger partial charge in [-0.05, 0) is 18.2 Å². The molecule has 5 nitrogen and oxygen atoms in total. The number of phenols is 1. The smallest absolute Gasteiger partial charge is 0.289 e. The van der Waals surface area contributed by atoms with Crippen LogP contribution in [0.1, 0.15) is 10.4 Å². The number of ketones is 1. The Hall–Kier alpha value is -2.04. The van der Waals surface area contributed by atoms with Crippen LogP contribution in [0.5, 0.6) is 11.5 Å². The van der Waals surface area contributed by atoms with Crippen molar-refractivity contribution in [3.8, 4) is 11.5 Å².